The molecule has 0 radical (unpaired) electrons. The van der Waals surface area contributed by atoms with E-state index in [0.717, 1.165) is 24.3 Å². The quantitative estimate of drug-likeness (QED) is 0.816. The van der Waals surface area contributed by atoms with Gasteiger partial charge in [0.15, 0.2) is 0 Å². The van der Waals surface area contributed by atoms with Crippen LogP contribution < -0.4 is 5.32 Å². The van der Waals surface area contributed by atoms with Crippen LogP contribution in [0.2, 0.25) is 0 Å². The highest BCUT2D eigenvalue weighted by Gasteiger charge is 2.15. The summed E-state index contributed by atoms with van der Waals surface area (Å²) >= 11 is 1.56. The summed E-state index contributed by atoms with van der Waals surface area (Å²) in [4.78, 5) is 12.6. The Morgan fingerprint density at radius 3 is 2.89 bits per heavy atom. The van der Waals surface area contributed by atoms with E-state index in [1.54, 1.807) is 23.9 Å². The van der Waals surface area contributed by atoms with E-state index in [0.29, 0.717) is 18.7 Å². The van der Waals surface area contributed by atoms with Crippen molar-refractivity contribution in [2.75, 3.05) is 18.9 Å². The number of thioether (sulfide) groups is 1. The van der Waals surface area contributed by atoms with Crippen LogP contribution in [0.25, 0.3) is 0 Å². The highest BCUT2D eigenvalue weighted by Crippen LogP contribution is 2.18. The molecule has 1 N–H and O–H groups in total. The van der Waals surface area contributed by atoms with Crippen LogP contribution in [0.15, 0.2) is 29.2 Å². The van der Waals surface area contributed by atoms with Crippen molar-refractivity contribution in [2.45, 2.75) is 30.3 Å². The van der Waals surface area contributed by atoms with E-state index >= 15 is 0 Å². The van der Waals surface area contributed by atoms with Crippen molar-refractivity contribution in [1.82, 2.24) is 5.32 Å². The van der Waals surface area contributed by atoms with E-state index < -0.39 is 0 Å². The van der Waals surface area contributed by atoms with Gasteiger partial charge in [-0.15, -0.1) is 11.8 Å². The van der Waals surface area contributed by atoms with E-state index in [9.17, 15) is 9.18 Å². The maximum Gasteiger partial charge on any atom is 0.220 e. The number of hydrogen-bond donors (Lipinski definition) is 1. The molecule has 1 aromatic carbocycles. The second kappa shape index (κ2) is 7.50. The lowest BCUT2D eigenvalue weighted by Gasteiger charge is -2.10. The van der Waals surface area contributed by atoms with Crippen molar-refractivity contribution < 1.29 is 13.9 Å². The molecule has 1 aliphatic heterocycles. The minimum absolute atomic E-state index is 0.0464. The minimum atomic E-state index is -0.237. The van der Waals surface area contributed by atoms with Gasteiger partial charge in [0, 0.05) is 30.2 Å². The van der Waals surface area contributed by atoms with E-state index in [1.165, 1.54) is 12.1 Å². The maximum atomic E-state index is 12.7. The predicted molar refractivity (Wildman–Crippen MR) is 73.7 cm³/mol. The summed E-state index contributed by atoms with van der Waals surface area (Å²) in [5.74, 6) is 0.506. The first-order valence-corrected chi connectivity index (χ1v) is 7.49. The summed E-state index contributed by atoms with van der Waals surface area (Å²) in [5.41, 5.74) is 0. The molecule has 1 unspecified atom stereocenters. The van der Waals surface area contributed by atoms with Crippen LogP contribution in [0.5, 0.6) is 0 Å². The lowest BCUT2D eigenvalue weighted by molar-refractivity contribution is -0.121. The van der Waals surface area contributed by atoms with Crippen LogP contribution in [-0.2, 0) is 9.53 Å². The smallest absolute Gasteiger partial charge is 0.220 e. The first-order chi connectivity index (χ1) is 9.24. The molecule has 1 fully saturated rings. The van der Waals surface area contributed by atoms with E-state index in [1.807, 2.05) is 0 Å². The normalized spacial score (nSPS) is 18.5. The first kappa shape index (κ1) is 14.3. The zero-order valence-corrected chi connectivity index (χ0v) is 11.5. The molecule has 5 heteroatoms. The molecule has 0 aromatic heterocycles. The summed E-state index contributed by atoms with van der Waals surface area (Å²) < 4.78 is 18.1. The molecule has 1 atom stereocenters. The average Bonchev–Trinajstić information content (AvgIpc) is 2.92. The molecular weight excluding hydrogens is 265 g/mol. The van der Waals surface area contributed by atoms with Crippen LogP contribution in [0.1, 0.15) is 19.3 Å². The van der Waals surface area contributed by atoms with Gasteiger partial charge in [0.05, 0.1) is 6.10 Å². The monoisotopic (exact) mass is 283 g/mol. The second-order valence-electron chi connectivity index (χ2n) is 4.49. The van der Waals surface area contributed by atoms with Gasteiger partial charge in [-0.25, -0.2) is 4.39 Å². The highest BCUT2D eigenvalue weighted by molar-refractivity contribution is 7.99. The Bertz CT molecular complexity index is 404. The standard InChI is InChI=1S/C14H18FNO2S/c15-11-3-5-13(6-4-11)19-9-7-14(17)16-10-12-2-1-8-18-12/h3-6,12H,1-2,7-10H2,(H,16,17). The van der Waals surface area contributed by atoms with Crippen molar-refractivity contribution >= 4 is 17.7 Å². The molecule has 19 heavy (non-hydrogen) atoms. The Morgan fingerprint density at radius 2 is 2.21 bits per heavy atom. The van der Waals surface area contributed by atoms with Gasteiger partial charge >= 0.3 is 0 Å². The van der Waals surface area contributed by atoms with Gasteiger partial charge in [0.2, 0.25) is 5.91 Å². The summed E-state index contributed by atoms with van der Waals surface area (Å²) in [6.45, 7) is 1.42. The Morgan fingerprint density at radius 1 is 1.42 bits per heavy atom. The summed E-state index contributed by atoms with van der Waals surface area (Å²) in [7, 11) is 0. The SMILES string of the molecule is O=C(CCSc1ccc(F)cc1)NCC1CCCO1. The van der Waals surface area contributed by atoms with Crippen molar-refractivity contribution in [3.05, 3.63) is 30.1 Å². The van der Waals surface area contributed by atoms with Crippen LogP contribution in [0, 0.1) is 5.82 Å². The molecule has 3 nitrogen and oxygen atoms in total. The number of benzene rings is 1. The van der Waals surface area contributed by atoms with Crippen LogP contribution in [-0.4, -0.2) is 30.9 Å². The van der Waals surface area contributed by atoms with Gasteiger partial charge in [0.25, 0.3) is 0 Å². The second-order valence-corrected chi connectivity index (χ2v) is 5.66. The third kappa shape index (κ3) is 5.20. The molecule has 104 valence electrons. The van der Waals surface area contributed by atoms with Gasteiger partial charge < -0.3 is 10.1 Å². The van der Waals surface area contributed by atoms with Crippen LogP contribution >= 0.6 is 11.8 Å². The van der Waals surface area contributed by atoms with Crippen molar-refractivity contribution in [2.24, 2.45) is 0 Å². The molecule has 1 saturated heterocycles. The van der Waals surface area contributed by atoms with Gasteiger partial charge in [0.1, 0.15) is 5.82 Å². The van der Waals surface area contributed by atoms with Gasteiger partial charge in [-0.05, 0) is 37.1 Å². The van der Waals surface area contributed by atoms with Crippen LogP contribution in [0.3, 0.4) is 0 Å². The molecule has 0 bridgehead atoms. The lowest BCUT2D eigenvalue weighted by atomic mass is 10.2. The molecule has 1 aromatic rings. The van der Waals surface area contributed by atoms with Gasteiger partial charge in [-0.1, -0.05) is 0 Å². The number of nitrogens with one attached hydrogen (secondary N) is 1. The van der Waals surface area contributed by atoms with Crippen molar-refractivity contribution in [1.29, 1.82) is 0 Å². The van der Waals surface area contributed by atoms with Gasteiger partial charge in [-0.3, -0.25) is 4.79 Å². The summed E-state index contributed by atoms with van der Waals surface area (Å²) in [6.07, 6.45) is 2.77. The molecular formula is C14H18FNO2S. The molecule has 0 aliphatic carbocycles. The zero-order chi connectivity index (χ0) is 13.5. The molecule has 2 rings (SSSR count). The Labute approximate surface area is 116 Å². The molecule has 0 spiro atoms. The maximum absolute atomic E-state index is 12.7. The van der Waals surface area contributed by atoms with E-state index in [2.05, 4.69) is 5.32 Å². The van der Waals surface area contributed by atoms with E-state index in [4.69, 9.17) is 4.74 Å². The predicted octanol–water partition coefficient (Wildman–Crippen LogP) is 2.60. The first-order valence-electron chi connectivity index (χ1n) is 6.51. The fourth-order valence-corrected chi connectivity index (χ4v) is 2.77. The number of halogens is 1. The molecule has 1 aliphatic rings. The van der Waals surface area contributed by atoms with Crippen LogP contribution in [0.4, 0.5) is 4.39 Å². The number of ether oxygens (including phenoxy) is 1. The number of carbonyl (C=O) groups excluding carboxylic acids is 1. The van der Waals surface area contributed by atoms with Crippen molar-refractivity contribution in [3.8, 4) is 0 Å². The largest absolute Gasteiger partial charge is 0.376 e. The fraction of sp³-hybridized carbons (Fsp3) is 0.500. The van der Waals surface area contributed by atoms with Gasteiger partial charge in [-0.2, -0.15) is 0 Å². The topological polar surface area (TPSA) is 38.3 Å². The summed E-state index contributed by atoms with van der Waals surface area (Å²) in [6, 6.07) is 6.31. The summed E-state index contributed by atoms with van der Waals surface area (Å²) in [5, 5.41) is 2.88. The Kier molecular flexibility index (Phi) is 5.66. The number of amides is 1. The van der Waals surface area contributed by atoms with E-state index in [-0.39, 0.29) is 17.8 Å². The third-order valence-electron chi connectivity index (χ3n) is 2.96. The minimum Gasteiger partial charge on any atom is -0.376 e. The Hall–Kier alpha value is -1.07. The highest BCUT2D eigenvalue weighted by atomic mass is 32.2. The Balaban J connectivity index is 1.59. The molecule has 0 saturated carbocycles. The number of rotatable bonds is 6. The molecule has 1 amide bonds. The van der Waals surface area contributed by atoms with Crippen molar-refractivity contribution in [3.63, 3.8) is 0 Å². The number of carbonyl (C=O) groups is 1. The average molecular weight is 283 g/mol. The third-order valence-corrected chi connectivity index (χ3v) is 3.98. The fourth-order valence-electron chi connectivity index (χ4n) is 1.91. The zero-order valence-electron chi connectivity index (χ0n) is 10.7. The molecule has 1 heterocycles. The lowest BCUT2D eigenvalue weighted by Crippen LogP contribution is -2.31. The number of hydrogen-bond acceptors (Lipinski definition) is 3.